The van der Waals surface area contributed by atoms with Crippen LogP contribution in [0.15, 0.2) is 36.4 Å². The molecule has 2 amide bonds. The summed E-state index contributed by atoms with van der Waals surface area (Å²) < 4.78 is 9.93. The van der Waals surface area contributed by atoms with Crippen LogP contribution in [-0.4, -0.2) is 25.4 Å². The lowest BCUT2D eigenvalue weighted by molar-refractivity contribution is 0.139. The first-order chi connectivity index (χ1) is 11.1. The number of nitrogens with one attached hydrogen (secondary N) is 1. The second-order valence-corrected chi connectivity index (χ2v) is 4.82. The van der Waals surface area contributed by atoms with Crippen molar-refractivity contribution in [2.24, 2.45) is 0 Å². The highest BCUT2D eigenvalue weighted by Gasteiger charge is 2.23. The number of carbonyl (C=O) groups excluding carboxylic acids is 2. The molecule has 2 aromatic rings. The first-order valence-corrected chi connectivity index (χ1v) is 7.47. The van der Waals surface area contributed by atoms with E-state index in [1.165, 1.54) is 0 Å². The molecule has 0 radical (unpaired) electrons. The normalized spacial score (nSPS) is 10.2. The first-order valence-electron chi connectivity index (χ1n) is 7.47. The number of hydrogen-bond donors (Lipinski definition) is 1. The summed E-state index contributed by atoms with van der Waals surface area (Å²) in [6.45, 7) is 5.66. The average molecular weight is 316 g/mol. The minimum absolute atomic E-state index is 0.198. The molecule has 0 unspecified atom stereocenters. The summed E-state index contributed by atoms with van der Waals surface area (Å²) in [5.74, 6) is 0. The van der Waals surface area contributed by atoms with Gasteiger partial charge in [0.05, 0.1) is 18.9 Å². The van der Waals surface area contributed by atoms with Crippen molar-refractivity contribution < 1.29 is 19.1 Å². The van der Waals surface area contributed by atoms with E-state index >= 15 is 0 Å². The van der Waals surface area contributed by atoms with Crippen LogP contribution in [0.2, 0.25) is 0 Å². The smallest absolute Gasteiger partial charge is 0.433 e. The number of nitrogens with zero attached hydrogens (tertiary/aromatic N) is 1. The number of fused-ring (bicyclic) bond motifs is 1. The Morgan fingerprint density at radius 2 is 1.74 bits per heavy atom. The summed E-state index contributed by atoms with van der Waals surface area (Å²) >= 11 is 0. The highest BCUT2D eigenvalue weighted by molar-refractivity contribution is 6.03. The molecular weight excluding hydrogens is 296 g/mol. The third-order valence-corrected chi connectivity index (χ3v) is 3.25. The number of rotatable bonds is 3. The molecule has 0 saturated heterocycles. The van der Waals surface area contributed by atoms with Gasteiger partial charge < -0.3 is 9.47 Å². The fourth-order valence-electron chi connectivity index (χ4n) is 2.30. The molecule has 0 aromatic heterocycles. The van der Waals surface area contributed by atoms with Gasteiger partial charge >= 0.3 is 12.2 Å². The molecule has 0 spiro atoms. The van der Waals surface area contributed by atoms with Gasteiger partial charge in [-0.25, -0.2) is 15.0 Å². The van der Waals surface area contributed by atoms with Crippen LogP contribution in [0.1, 0.15) is 19.4 Å². The van der Waals surface area contributed by atoms with Crippen molar-refractivity contribution in [2.45, 2.75) is 20.8 Å². The molecule has 1 N–H and O–H groups in total. The Kier molecular flexibility index (Phi) is 5.41. The van der Waals surface area contributed by atoms with Gasteiger partial charge in [0.25, 0.3) is 0 Å². The van der Waals surface area contributed by atoms with Gasteiger partial charge in [-0.2, -0.15) is 5.01 Å². The van der Waals surface area contributed by atoms with Gasteiger partial charge in [-0.1, -0.05) is 36.4 Å². The maximum Gasteiger partial charge on any atom is 0.433 e. The zero-order chi connectivity index (χ0) is 16.8. The highest BCUT2D eigenvalue weighted by atomic mass is 16.6. The molecule has 0 atom stereocenters. The van der Waals surface area contributed by atoms with Crippen LogP contribution in [0.25, 0.3) is 10.8 Å². The van der Waals surface area contributed by atoms with E-state index in [1.54, 1.807) is 13.8 Å². The third-order valence-electron chi connectivity index (χ3n) is 3.25. The van der Waals surface area contributed by atoms with E-state index in [0.717, 1.165) is 21.3 Å². The van der Waals surface area contributed by atoms with Crippen LogP contribution in [0.3, 0.4) is 0 Å². The molecule has 2 aromatic carbocycles. The number of anilines is 1. The van der Waals surface area contributed by atoms with Gasteiger partial charge in [0.15, 0.2) is 0 Å². The lowest BCUT2D eigenvalue weighted by Gasteiger charge is -2.25. The van der Waals surface area contributed by atoms with Crippen LogP contribution >= 0.6 is 0 Å². The lowest BCUT2D eigenvalue weighted by atomic mass is 10.0. The SMILES string of the molecule is CCOC(=O)NN(C(=O)OCC)c1c(C)ccc2ccccc12. The van der Waals surface area contributed by atoms with Crippen molar-refractivity contribution in [1.82, 2.24) is 5.43 Å². The number of carbonyl (C=O) groups is 2. The van der Waals surface area contributed by atoms with Crippen LogP contribution in [-0.2, 0) is 9.47 Å². The van der Waals surface area contributed by atoms with Crippen molar-refractivity contribution in [1.29, 1.82) is 0 Å². The molecule has 6 nitrogen and oxygen atoms in total. The molecule has 0 aliphatic heterocycles. The van der Waals surface area contributed by atoms with E-state index in [0.29, 0.717) is 5.69 Å². The van der Waals surface area contributed by atoms with E-state index < -0.39 is 12.2 Å². The monoisotopic (exact) mass is 316 g/mol. The molecule has 0 fully saturated rings. The predicted octanol–water partition coefficient (Wildman–Crippen LogP) is 3.77. The molecule has 0 bridgehead atoms. The van der Waals surface area contributed by atoms with Gasteiger partial charge in [-0.3, -0.25) is 0 Å². The van der Waals surface area contributed by atoms with Crippen molar-refractivity contribution in [3.63, 3.8) is 0 Å². The number of hydrazine groups is 1. The fourth-order valence-corrected chi connectivity index (χ4v) is 2.30. The highest BCUT2D eigenvalue weighted by Crippen LogP contribution is 2.30. The molecule has 0 heterocycles. The Morgan fingerprint density at radius 1 is 1.04 bits per heavy atom. The van der Waals surface area contributed by atoms with E-state index in [1.807, 2.05) is 43.3 Å². The molecule has 6 heteroatoms. The molecule has 2 rings (SSSR count). The number of ether oxygens (including phenoxy) is 2. The van der Waals surface area contributed by atoms with E-state index in [9.17, 15) is 9.59 Å². The van der Waals surface area contributed by atoms with Gasteiger partial charge in [0, 0.05) is 5.39 Å². The molecule has 122 valence electrons. The molecular formula is C17H20N2O4. The Hall–Kier alpha value is -2.76. The summed E-state index contributed by atoms with van der Waals surface area (Å²) in [4.78, 5) is 24.1. The second kappa shape index (κ2) is 7.49. The standard InChI is InChI=1S/C17H20N2O4/c1-4-22-16(20)18-19(17(21)23-5-2)15-12(3)10-11-13-8-6-7-9-14(13)15/h6-11H,4-5H2,1-3H3,(H,18,20). The largest absolute Gasteiger partial charge is 0.449 e. The van der Waals surface area contributed by atoms with Crippen LogP contribution in [0.5, 0.6) is 0 Å². The molecule has 0 saturated carbocycles. The van der Waals surface area contributed by atoms with Gasteiger partial charge in [0.1, 0.15) is 0 Å². The van der Waals surface area contributed by atoms with Gasteiger partial charge in [-0.05, 0) is 31.7 Å². The number of aryl methyl sites for hydroxylation is 1. The van der Waals surface area contributed by atoms with Gasteiger partial charge in [-0.15, -0.1) is 0 Å². The van der Waals surface area contributed by atoms with Crippen LogP contribution < -0.4 is 10.4 Å². The zero-order valence-electron chi connectivity index (χ0n) is 13.5. The first kappa shape index (κ1) is 16.6. The molecule has 0 aliphatic carbocycles. The quantitative estimate of drug-likeness (QED) is 0.875. The summed E-state index contributed by atoms with van der Waals surface area (Å²) in [6.07, 6.45) is -1.38. The lowest BCUT2D eigenvalue weighted by Crippen LogP contribution is -2.47. The summed E-state index contributed by atoms with van der Waals surface area (Å²) in [6, 6.07) is 11.5. The fraction of sp³-hybridized carbons (Fsp3) is 0.294. The van der Waals surface area contributed by atoms with Crippen molar-refractivity contribution >= 4 is 28.6 Å². The maximum absolute atomic E-state index is 12.3. The zero-order valence-corrected chi connectivity index (χ0v) is 13.5. The van der Waals surface area contributed by atoms with Crippen molar-refractivity contribution in [3.05, 3.63) is 42.0 Å². The molecule has 0 aliphatic rings. The summed E-state index contributed by atoms with van der Waals surface area (Å²) in [7, 11) is 0. The van der Waals surface area contributed by atoms with Crippen LogP contribution in [0.4, 0.5) is 15.3 Å². The summed E-state index contributed by atoms with van der Waals surface area (Å²) in [5.41, 5.74) is 3.84. The maximum atomic E-state index is 12.3. The van der Waals surface area contributed by atoms with Crippen molar-refractivity contribution in [3.8, 4) is 0 Å². The van der Waals surface area contributed by atoms with Gasteiger partial charge in [0.2, 0.25) is 0 Å². The summed E-state index contributed by atoms with van der Waals surface area (Å²) in [5, 5.41) is 2.88. The Balaban J connectivity index is 2.52. The topological polar surface area (TPSA) is 67.9 Å². The van der Waals surface area contributed by atoms with E-state index in [2.05, 4.69) is 5.43 Å². The number of amides is 2. The van der Waals surface area contributed by atoms with E-state index in [4.69, 9.17) is 9.47 Å². The number of benzene rings is 2. The van der Waals surface area contributed by atoms with Crippen molar-refractivity contribution in [2.75, 3.05) is 18.2 Å². The van der Waals surface area contributed by atoms with Crippen LogP contribution in [0, 0.1) is 6.92 Å². The Morgan fingerprint density at radius 3 is 2.43 bits per heavy atom. The second-order valence-electron chi connectivity index (χ2n) is 4.82. The average Bonchev–Trinajstić information content (AvgIpc) is 2.53. The predicted molar refractivity (Wildman–Crippen MR) is 88.3 cm³/mol. The molecule has 23 heavy (non-hydrogen) atoms. The third kappa shape index (κ3) is 3.71. The minimum Gasteiger partial charge on any atom is -0.449 e. The van der Waals surface area contributed by atoms with E-state index in [-0.39, 0.29) is 13.2 Å². The Labute approximate surface area is 134 Å². The number of hydrogen-bond acceptors (Lipinski definition) is 4. The Bertz CT molecular complexity index is 715. The minimum atomic E-state index is -0.715.